The molecule has 0 radical (unpaired) electrons. The fourth-order valence-electron chi connectivity index (χ4n) is 3.47. The Morgan fingerprint density at radius 2 is 1.77 bits per heavy atom. The standard InChI is InChI=1S/C24H26BrN3O2/c1-15-11-12-20(13-16(15)2)28-17(3)21(22(25)18(28)4)14-26-27-24(29)23(30-5)19-9-7-6-8-10-19/h6-14,23H,1-5H3,(H,27,29)/b26-14-/t23-/m1/s1. The average molecular weight is 468 g/mol. The number of methoxy groups -OCH3 is 1. The first-order valence-corrected chi connectivity index (χ1v) is 10.5. The van der Waals surface area contributed by atoms with E-state index >= 15 is 0 Å². The summed E-state index contributed by atoms with van der Waals surface area (Å²) in [5.41, 5.74) is 10.00. The van der Waals surface area contributed by atoms with Gasteiger partial charge in [-0.25, -0.2) is 5.43 Å². The van der Waals surface area contributed by atoms with E-state index in [2.05, 4.69) is 70.0 Å². The highest BCUT2D eigenvalue weighted by Crippen LogP contribution is 2.30. The van der Waals surface area contributed by atoms with E-state index in [0.717, 1.165) is 32.7 Å². The zero-order valence-corrected chi connectivity index (χ0v) is 19.4. The maximum Gasteiger partial charge on any atom is 0.273 e. The highest BCUT2D eigenvalue weighted by atomic mass is 79.9. The highest BCUT2D eigenvalue weighted by Gasteiger charge is 2.20. The largest absolute Gasteiger partial charge is 0.367 e. The number of aryl methyl sites for hydroxylation is 2. The predicted molar refractivity (Wildman–Crippen MR) is 124 cm³/mol. The molecule has 30 heavy (non-hydrogen) atoms. The Hall–Kier alpha value is -2.70. The molecule has 156 valence electrons. The van der Waals surface area contributed by atoms with Gasteiger partial charge in [0.25, 0.3) is 5.91 Å². The fourth-order valence-corrected chi connectivity index (χ4v) is 4.03. The molecule has 0 aliphatic heterocycles. The average Bonchev–Trinajstić information content (AvgIpc) is 2.94. The second kappa shape index (κ2) is 9.41. The van der Waals surface area contributed by atoms with Crippen molar-refractivity contribution >= 4 is 28.1 Å². The Bertz CT molecular complexity index is 1090. The number of hydrazone groups is 1. The molecule has 0 aliphatic carbocycles. The van der Waals surface area contributed by atoms with Crippen LogP contribution >= 0.6 is 15.9 Å². The number of ether oxygens (including phenoxy) is 1. The quantitative estimate of drug-likeness (QED) is 0.394. The molecule has 1 atom stereocenters. The summed E-state index contributed by atoms with van der Waals surface area (Å²) in [5, 5.41) is 4.19. The minimum atomic E-state index is -0.713. The van der Waals surface area contributed by atoms with Crippen LogP contribution in [0.25, 0.3) is 5.69 Å². The first-order valence-electron chi connectivity index (χ1n) is 9.70. The van der Waals surface area contributed by atoms with E-state index in [1.807, 2.05) is 37.3 Å². The molecule has 0 fully saturated rings. The lowest BCUT2D eigenvalue weighted by atomic mass is 10.1. The molecule has 0 spiro atoms. The maximum atomic E-state index is 12.5. The molecule has 6 heteroatoms. The van der Waals surface area contributed by atoms with Gasteiger partial charge in [-0.05, 0) is 72.4 Å². The number of rotatable bonds is 6. The summed E-state index contributed by atoms with van der Waals surface area (Å²) in [7, 11) is 1.51. The zero-order chi connectivity index (χ0) is 21.8. The van der Waals surface area contributed by atoms with Crippen molar-refractivity contribution in [1.29, 1.82) is 0 Å². The Morgan fingerprint density at radius 1 is 1.07 bits per heavy atom. The number of hydrogen-bond donors (Lipinski definition) is 1. The SMILES string of the molecule is CO[C@@H](C(=O)N/N=C\c1c(Br)c(C)n(-c2ccc(C)c(C)c2)c1C)c1ccccc1. The van der Waals surface area contributed by atoms with E-state index < -0.39 is 6.10 Å². The number of amides is 1. The highest BCUT2D eigenvalue weighted by molar-refractivity contribution is 9.10. The van der Waals surface area contributed by atoms with Gasteiger partial charge < -0.3 is 9.30 Å². The molecule has 2 aromatic carbocycles. The summed E-state index contributed by atoms with van der Waals surface area (Å²) in [4.78, 5) is 12.5. The molecule has 1 aromatic heterocycles. The molecule has 0 saturated heterocycles. The first-order chi connectivity index (χ1) is 14.3. The Morgan fingerprint density at radius 3 is 2.40 bits per heavy atom. The minimum absolute atomic E-state index is 0.320. The van der Waals surface area contributed by atoms with Gasteiger partial charge in [0.2, 0.25) is 0 Å². The molecular formula is C24H26BrN3O2. The number of hydrogen-bond acceptors (Lipinski definition) is 3. The number of carbonyl (C=O) groups excluding carboxylic acids is 1. The Labute approximate surface area is 185 Å². The van der Waals surface area contributed by atoms with Gasteiger partial charge in [0.1, 0.15) is 0 Å². The smallest absolute Gasteiger partial charge is 0.273 e. The van der Waals surface area contributed by atoms with E-state index in [9.17, 15) is 4.79 Å². The van der Waals surface area contributed by atoms with E-state index in [0.29, 0.717) is 0 Å². The predicted octanol–water partition coefficient (Wildman–Crippen LogP) is 5.31. The van der Waals surface area contributed by atoms with Crippen LogP contribution in [0, 0.1) is 27.7 Å². The lowest BCUT2D eigenvalue weighted by Gasteiger charge is -2.13. The Balaban J connectivity index is 1.84. The van der Waals surface area contributed by atoms with Gasteiger partial charge in [0, 0.05) is 34.2 Å². The van der Waals surface area contributed by atoms with Gasteiger partial charge in [-0.2, -0.15) is 5.10 Å². The third-order valence-electron chi connectivity index (χ3n) is 5.31. The van der Waals surface area contributed by atoms with Crippen molar-refractivity contribution in [3.05, 3.63) is 86.6 Å². The summed E-state index contributed by atoms with van der Waals surface area (Å²) in [6.07, 6.45) is 0.953. The van der Waals surface area contributed by atoms with Crippen molar-refractivity contribution in [1.82, 2.24) is 9.99 Å². The molecule has 0 aliphatic rings. The molecule has 3 aromatic rings. The van der Waals surface area contributed by atoms with Crippen LogP contribution in [0.4, 0.5) is 0 Å². The zero-order valence-electron chi connectivity index (χ0n) is 17.9. The van der Waals surface area contributed by atoms with Crippen molar-refractivity contribution in [2.45, 2.75) is 33.8 Å². The summed E-state index contributed by atoms with van der Waals surface area (Å²) in [6.45, 7) is 8.31. The number of halogens is 1. The summed E-state index contributed by atoms with van der Waals surface area (Å²) in [5.74, 6) is -0.320. The topological polar surface area (TPSA) is 55.6 Å². The van der Waals surface area contributed by atoms with E-state index in [1.54, 1.807) is 6.21 Å². The summed E-state index contributed by atoms with van der Waals surface area (Å²) >= 11 is 3.68. The summed E-state index contributed by atoms with van der Waals surface area (Å²) < 4.78 is 8.48. The van der Waals surface area contributed by atoms with E-state index in [4.69, 9.17) is 4.74 Å². The first kappa shape index (κ1) is 22.0. The van der Waals surface area contributed by atoms with Gasteiger partial charge in [-0.3, -0.25) is 4.79 Å². The molecule has 0 saturated carbocycles. The molecule has 1 amide bonds. The number of nitrogens with one attached hydrogen (secondary N) is 1. The van der Waals surface area contributed by atoms with Crippen LogP contribution < -0.4 is 5.43 Å². The summed E-state index contributed by atoms with van der Waals surface area (Å²) in [6, 6.07) is 15.8. The van der Waals surface area contributed by atoms with E-state index in [-0.39, 0.29) is 5.91 Å². The van der Waals surface area contributed by atoms with Gasteiger partial charge >= 0.3 is 0 Å². The fraction of sp³-hybridized carbons (Fsp3) is 0.250. The van der Waals surface area contributed by atoms with Gasteiger partial charge in [-0.15, -0.1) is 0 Å². The van der Waals surface area contributed by atoms with Crippen LogP contribution in [0.5, 0.6) is 0 Å². The van der Waals surface area contributed by atoms with Crippen LogP contribution in [0.2, 0.25) is 0 Å². The van der Waals surface area contributed by atoms with Crippen molar-refractivity contribution in [2.24, 2.45) is 5.10 Å². The second-order valence-corrected chi connectivity index (χ2v) is 8.06. The third-order valence-corrected chi connectivity index (χ3v) is 6.31. The molecule has 3 rings (SSSR count). The Kier molecular flexibility index (Phi) is 6.90. The van der Waals surface area contributed by atoms with Crippen LogP contribution in [0.1, 0.15) is 39.7 Å². The lowest BCUT2D eigenvalue weighted by molar-refractivity contribution is -0.131. The lowest BCUT2D eigenvalue weighted by Crippen LogP contribution is -2.26. The number of carbonyl (C=O) groups is 1. The van der Waals surface area contributed by atoms with Crippen LogP contribution in [0.3, 0.4) is 0 Å². The van der Waals surface area contributed by atoms with Crippen molar-refractivity contribution in [3.63, 3.8) is 0 Å². The number of benzene rings is 2. The maximum absolute atomic E-state index is 12.5. The van der Waals surface area contributed by atoms with Gasteiger partial charge in [0.15, 0.2) is 6.10 Å². The minimum Gasteiger partial charge on any atom is -0.367 e. The molecule has 0 unspecified atom stereocenters. The molecular weight excluding hydrogens is 442 g/mol. The monoisotopic (exact) mass is 467 g/mol. The van der Waals surface area contributed by atoms with Crippen LogP contribution in [0.15, 0.2) is 58.1 Å². The normalized spacial score (nSPS) is 12.3. The number of aromatic nitrogens is 1. The molecule has 0 bridgehead atoms. The third kappa shape index (κ3) is 4.40. The van der Waals surface area contributed by atoms with Crippen molar-refractivity contribution < 1.29 is 9.53 Å². The van der Waals surface area contributed by atoms with Crippen LogP contribution in [-0.2, 0) is 9.53 Å². The molecule has 5 nitrogen and oxygen atoms in total. The van der Waals surface area contributed by atoms with E-state index in [1.165, 1.54) is 18.2 Å². The molecule has 1 heterocycles. The van der Waals surface area contributed by atoms with Crippen LogP contribution in [-0.4, -0.2) is 23.8 Å². The van der Waals surface area contributed by atoms with Gasteiger partial charge in [0.05, 0.1) is 6.21 Å². The van der Waals surface area contributed by atoms with Crippen molar-refractivity contribution in [3.8, 4) is 5.69 Å². The van der Waals surface area contributed by atoms with Crippen molar-refractivity contribution in [2.75, 3.05) is 7.11 Å². The number of nitrogens with zero attached hydrogens (tertiary/aromatic N) is 2. The molecule has 1 N–H and O–H groups in total. The second-order valence-electron chi connectivity index (χ2n) is 7.26. The van der Waals surface area contributed by atoms with Gasteiger partial charge in [-0.1, -0.05) is 36.4 Å².